The van der Waals surface area contributed by atoms with E-state index in [0.717, 1.165) is 32.1 Å². The van der Waals surface area contributed by atoms with E-state index in [1.54, 1.807) is 0 Å². The second-order valence-corrected chi connectivity index (χ2v) is 9.42. The van der Waals surface area contributed by atoms with E-state index < -0.39 is 6.10 Å². The van der Waals surface area contributed by atoms with Gasteiger partial charge in [0.15, 0.2) is 11.6 Å². The fourth-order valence-electron chi connectivity index (χ4n) is 7.33. The van der Waals surface area contributed by atoms with E-state index in [0.29, 0.717) is 24.7 Å². The molecule has 4 heteroatoms. The molecular weight excluding hydrogens is 316 g/mol. The summed E-state index contributed by atoms with van der Waals surface area (Å²) in [6, 6.07) is 0. The van der Waals surface area contributed by atoms with Crippen LogP contribution in [-0.2, 0) is 9.59 Å². The molecule has 0 bridgehead atoms. The summed E-state index contributed by atoms with van der Waals surface area (Å²) in [4.78, 5) is 24.2. The molecule has 4 aliphatic rings. The number of carbonyl (C=O) groups excluding carboxylic acids is 2. The van der Waals surface area contributed by atoms with Crippen molar-refractivity contribution in [2.24, 2.45) is 34.5 Å². The lowest BCUT2D eigenvalue weighted by atomic mass is 9.46. The van der Waals surface area contributed by atoms with Crippen LogP contribution in [0, 0.1) is 34.5 Å². The predicted octanol–water partition coefficient (Wildman–Crippen LogP) is 2.67. The number of aliphatic hydroxyl groups is 2. The Morgan fingerprint density at radius 1 is 1.24 bits per heavy atom. The molecule has 0 aromatic carbocycles. The summed E-state index contributed by atoms with van der Waals surface area (Å²) in [7, 11) is 0. The second kappa shape index (κ2) is 5.75. The number of rotatable bonds is 2. The summed E-state index contributed by atoms with van der Waals surface area (Å²) in [5.41, 5.74) is 0.979. The number of aliphatic hydroxyl groups excluding tert-OH is 2. The van der Waals surface area contributed by atoms with Gasteiger partial charge in [-0.2, -0.15) is 0 Å². The Morgan fingerprint density at radius 3 is 2.72 bits per heavy atom. The van der Waals surface area contributed by atoms with Crippen molar-refractivity contribution in [2.75, 3.05) is 6.61 Å². The van der Waals surface area contributed by atoms with Crippen molar-refractivity contribution in [1.29, 1.82) is 0 Å². The van der Waals surface area contributed by atoms with E-state index >= 15 is 0 Å². The molecule has 7 atom stereocenters. The molecule has 0 saturated heterocycles. The maximum absolute atomic E-state index is 12.3. The molecule has 4 nitrogen and oxygen atoms in total. The molecule has 4 aliphatic carbocycles. The van der Waals surface area contributed by atoms with Crippen molar-refractivity contribution >= 4 is 11.6 Å². The summed E-state index contributed by atoms with van der Waals surface area (Å²) in [5.74, 6) is 1.12. The first-order valence-electron chi connectivity index (χ1n) is 9.87. The highest BCUT2D eigenvalue weighted by Crippen LogP contribution is 2.66. The molecule has 0 radical (unpaired) electrons. The van der Waals surface area contributed by atoms with Crippen LogP contribution in [0.4, 0.5) is 0 Å². The van der Waals surface area contributed by atoms with Gasteiger partial charge >= 0.3 is 0 Å². The number of fused-ring (bicyclic) bond motifs is 5. The fraction of sp³-hybridized carbons (Fsp3) is 0.810. The summed E-state index contributed by atoms with van der Waals surface area (Å²) in [6.45, 7) is 4.03. The maximum Gasteiger partial charge on any atom is 0.161 e. The average Bonchev–Trinajstić information content (AvgIpc) is 2.91. The van der Waals surface area contributed by atoms with Gasteiger partial charge in [-0.15, -0.1) is 0 Å². The van der Waals surface area contributed by atoms with Crippen molar-refractivity contribution in [2.45, 2.75) is 64.9 Å². The zero-order valence-corrected chi connectivity index (χ0v) is 15.3. The first kappa shape index (κ1) is 17.4. The third-order valence-electron chi connectivity index (χ3n) is 8.44. The fourth-order valence-corrected chi connectivity index (χ4v) is 7.33. The minimum absolute atomic E-state index is 0.0541. The van der Waals surface area contributed by atoms with Crippen LogP contribution in [0.25, 0.3) is 0 Å². The highest BCUT2D eigenvalue weighted by Gasteiger charge is 2.62. The lowest BCUT2D eigenvalue weighted by molar-refractivity contribution is -0.146. The number of hydrogen-bond donors (Lipinski definition) is 2. The molecule has 3 fully saturated rings. The highest BCUT2D eigenvalue weighted by molar-refractivity contribution is 5.91. The third kappa shape index (κ3) is 2.33. The minimum Gasteiger partial charge on any atom is -0.393 e. The average molecular weight is 346 g/mol. The molecule has 25 heavy (non-hydrogen) atoms. The van der Waals surface area contributed by atoms with Gasteiger partial charge in [0, 0.05) is 12.3 Å². The first-order valence-corrected chi connectivity index (χ1v) is 9.87. The molecule has 0 heterocycles. The Bertz CT molecular complexity index is 638. The Kier molecular flexibility index (Phi) is 4.01. The maximum atomic E-state index is 12.3. The SMILES string of the molecule is CC12CCC(=O)C=C1CCC1C2C(O)C[C@]2(C)C(C(=O)CO)CCC12. The van der Waals surface area contributed by atoms with Gasteiger partial charge in [0.05, 0.1) is 6.10 Å². The highest BCUT2D eigenvalue weighted by atomic mass is 16.3. The number of hydrogen-bond acceptors (Lipinski definition) is 4. The van der Waals surface area contributed by atoms with Crippen LogP contribution in [0.5, 0.6) is 0 Å². The van der Waals surface area contributed by atoms with E-state index in [1.165, 1.54) is 5.57 Å². The second-order valence-electron chi connectivity index (χ2n) is 9.42. The molecule has 0 aliphatic heterocycles. The van der Waals surface area contributed by atoms with Crippen LogP contribution in [-0.4, -0.2) is 34.5 Å². The van der Waals surface area contributed by atoms with Crippen LogP contribution >= 0.6 is 0 Å². The van der Waals surface area contributed by atoms with Crippen LogP contribution in [0.2, 0.25) is 0 Å². The normalized spacial score (nSPS) is 49.0. The molecule has 0 aromatic heterocycles. The van der Waals surface area contributed by atoms with E-state index in [1.807, 2.05) is 6.08 Å². The zero-order chi connectivity index (χ0) is 18.0. The van der Waals surface area contributed by atoms with E-state index in [9.17, 15) is 19.8 Å². The monoisotopic (exact) mass is 346 g/mol. The summed E-state index contributed by atoms with van der Waals surface area (Å²) >= 11 is 0. The molecule has 4 rings (SSSR count). The van der Waals surface area contributed by atoms with Gasteiger partial charge in [-0.1, -0.05) is 19.4 Å². The molecule has 2 N–H and O–H groups in total. The summed E-state index contributed by atoms with van der Waals surface area (Å²) in [6.07, 6.45) is 7.32. The largest absolute Gasteiger partial charge is 0.393 e. The summed E-state index contributed by atoms with van der Waals surface area (Å²) in [5, 5.41) is 20.5. The van der Waals surface area contributed by atoms with Crippen molar-refractivity contribution in [3.05, 3.63) is 11.6 Å². The van der Waals surface area contributed by atoms with Crippen molar-refractivity contribution in [1.82, 2.24) is 0 Å². The lowest BCUT2D eigenvalue weighted by Crippen LogP contribution is -2.57. The molecule has 0 spiro atoms. The van der Waals surface area contributed by atoms with Gasteiger partial charge in [0.2, 0.25) is 0 Å². The van der Waals surface area contributed by atoms with Crippen molar-refractivity contribution in [3.8, 4) is 0 Å². The quantitative estimate of drug-likeness (QED) is 0.806. The molecule has 3 saturated carbocycles. The topological polar surface area (TPSA) is 74.6 Å². The van der Waals surface area contributed by atoms with Crippen molar-refractivity contribution < 1.29 is 19.8 Å². The van der Waals surface area contributed by atoms with Gasteiger partial charge in [-0.25, -0.2) is 0 Å². The van der Waals surface area contributed by atoms with Crippen LogP contribution in [0.15, 0.2) is 11.6 Å². The number of allylic oxidation sites excluding steroid dienone is 1. The van der Waals surface area contributed by atoms with Gasteiger partial charge in [0.25, 0.3) is 0 Å². The Balaban J connectivity index is 1.70. The molecule has 0 aromatic rings. The van der Waals surface area contributed by atoms with Crippen molar-refractivity contribution in [3.63, 3.8) is 0 Å². The van der Waals surface area contributed by atoms with Crippen LogP contribution < -0.4 is 0 Å². The smallest absolute Gasteiger partial charge is 0.161 e. The number of ketones is 2. The van der Waals surface area contributed by atoms with E-state index in [2.05, 4.69) is 13.8 Å². The zero-order valence-electron chi connectivity index (χ0n) is 15.3. The molecule has 6 unspecified atom stereocenters. The predicted molar refractivity (Wildman–Crippen MR) is 93.7 cm³/mol. The number of Topliss-reactive ketones (excluding diaryl/α,β-unsaturated/α-hetero) is 1. The third-order valence-corrected chi connectivity index (χ3v) is 8.44. The Hall–Kier alpha value is -1.00. The summed E-state index contributed by atoms with van der Waals surface area (Å²) < 4.78 is 0. The van der Waals surface area contributed by atoms with E-state index in [4.69, 9.17) is 0 Å². The molecule has 0 amide bonds. The number of carbonyl (C=O) groups is 2. The van der Waals surface area contributed by atoms with E-state index in [-0.39, 0.29) is 40.8 Å². The lowest BCUT2D eigenvalue weighted by Gasteiger charge is -2.59. The van der Waals surface area contributed by atoms with Crippen LogP contribution in [0.1, 0.15) is 58.8 Å². The van der Waals surface area contributed by atoms with Gasteiger partial charge in [-0.3, -0.25) is 9.59 Å². The Morgan fingerprint density at radius 2 is 2.00 bits per heavy atom. The Labute approximate surface area is 149 Å². The minimum atomic E-state index is -0.430. The van der Waals surface area contributed by atoms with Gasteiger partial charge in [-0.05, 0) is 73.2 Å². The molecule has 138 valence electrons. The van der Waals surface area contributed by atoms with Gasteiger partial charge < -0.3 is 10.2 Å². The van der Waals surface area contributed by atoms with Gasteiger partial charge in [0.1, 0.15) is 6.61 Å². The standard InChI is InChI=1S/C21H30O4/c1-20-8-7-13(23)9-12(20)3-4-14-15-5-6-16(18(25)11-22)21(15,2)10-17(24)19(14)20/h9,14-17,19,22,24H,3-8,10-11H2,1-2H3/t14?,15?,16?,17?,19?,20?,21-/m0/s1. The first-order chi connectivity index (χ1) is 11.8. The van der Waals surface area contributed by atoms with Crippen LogP contribution in [0.3, 0.4) is 0 Å². The molecular formula is C21H30O4.